The van der Waals surface area contributed by atoms with E-state index in [1.165, 1.54) is 11.1 Å². The summed E-state index contributed by atoms with van der Waals surface area (Å²) in [5.74, 6) is 0.835. The molecule has 0 fully saturated rings. The van der Waals surface area contributed by atoms with Crippen molar-refractivity contribution >= 4 is 49.7 Å². The predicted molar refractivity (Wildman–Crippen MR) is 203 cm³/mol. The molecule has 5 heteroatoms. The van der Waals surface area contributed by atoms with Crippen molar-refractivity contribution in [2.45, 2.75) is 12.3 Å². The number of nitrogens with one attached hydrogen (secondary N) is 2. The topological polar surface area (TPSA) is 62.7 Å². The quantitative estimate of drug-likeness (QED) is 0.195. The van der Waals surface area contributed by atoms with Crippen molar-refractivity contribution in [3.05, 3.63) is 180 Å². The van der Waals surface area contributed by atoms with Gasteiger partial charge in [0, 0.05) is 32.7 Å². The molecule has 10 rings (SSSR count). The Labute approximate surface area is 288 Å². The molecule has 0 bridgehead atoms. The molecule has 0 aliphatic carbocycles. The van der Waals surface area contributed by atoms with E-state index in [-0.39, 0.29) is 12.3 Å². The highest BCUT2D eigenvalue weighted by Crippen LogP contribution is 2.40. The van der Waals surface area contributed by atoms with Crippen molar-refractivity contribution in [1.82, 2.24) is 10.6 Å². The molecule has 2 N–H and O–H groups in total. The molecule has 0 spiro atoms. The van der Waals surface area contributed by atoms with E-state index < -0.39 is 0 Å². The first-order valence-corrected chi connectivity index (χ1v) is 16.9. The van der Waals surface area contributed by atoms with Crippen LogP contribution in [0.15, 0.2) is 178 Å². The average molecular weight is 646 g/mol. The second-order valence-corrected chi connectivity index (χ2v) is 12.8. The van der Waals surface area contributed by atoms with Crippen LogP contribution in [0.4, 0.5) is 0 Å². The van der Waals surface area contributed by atoms with Gasteiger partial charge in [0.05, 0.1) is 0 Å². The van der Waals surface area contributed by atoms with Crippen LogP contribution >= 0.6 is 0 Å². The zero-order valence-electron chi connectivity index (χ0n) is 27.0. The third-order valence-electron chi connectivity index (χ3n) is 9.78. The Bertz CT molecular complexity index is 2710. The largest absolute Gasteiger partial charge is 0.456 e. The molecule has 2 atom stereocenters. The van der Waals surface area contributed by atoms with Gasteiger partial charge in [0.15, 0.2) is 0 Å². The third kappa shape index (κ3) is 4.87. The number of amidine groups is 1. The van der Waals surface area contributed by atoms with Gasteiger partial charge >= 0.3 is 0 Å². The lowest BCUT2D eigenvalue weighted by molar-refractivity contribution is 0.411. The maximum atomic E-state index is 6.55. The Morgan fingerprint density at radius 2 is 1.02 bits per heavy atom. The second kappa shape index (κ2) is 11.6. The van der Waals surface area contributed by atoms with Gasteiger partial charge in [-0.15, -0.1) is 0 Å². The van der Waals surface area contributed by atoms with Crippen LogP contribution in [-0.2, 0) is 0 Å². The first-order chi connectivity index (χ1) is 24.7. The summed E-state index contributed by atoms with van der Waals surface area (Å²) in [6, 6.07) is 56.9. The lowest BCUT2D eigenvalue weighted by Crippen LogP contribution is -2.45. The van der Waals surface area contributed by atoms with Crippen LogP contribution in [0.25, 0.3) is 66.1 Å². The average Bonchev–Trinajstić information content (AvgIpc) is 3.76. The number of furan rings is 2. The summed E-state index contributed by atoms with van der Waals surface area (Å²) < 4.78 is 12.8. The summed E-state index contributed by atoms with van der Waals surface area (Å²) in [5, 5.41) is 12.0. The number of aliphatic imine (C=N–C) groups is 1. The molecule has 0 amide bonds. The Kier molecular flexibility index (Phi) is 6.64. The van der Waals surface area contributed by atoms with Gasteiger partial charge < -0.3 is 14.2 Å². The van der Waals surface area contributed by atoms with Crippen LogP contribution < -0.4 is 10.6 Å². The van der Waals surface area contributed by atoms with Crippen LogP contribution in [0, 0.1) is 0 Å². The van der Waals surface area contributed by atoms with Gasteiger partial charge in [-0.2, -0.15) is 0 Å². The minimum absolute atomic E-state index is 0.278. The number of para-hydroxylation sites is 2. The molecule has 1 aliphatic rings. The number of fused-ring (bicyclic) bond motifs is 6. The normalized spacial score (nSPS) is 16.2. The zero-order valence-corrected chi connectivity index (χ0v) is 27.0. The Morgan fingerprint density at radius 3 is 1.80 bits per heavy atom. The summed E-state index contributed by atoms with van der Waals surface area (Å²) in [6.07, 6.45) is -0.565. The number of rotatable bonds is 5. The molecule has 238 valence electrons. The number of benzene rings is 7. The molecule has 0 saturated carbocycles. The van der Waals surface area contributed by atoms with Gasteiger partial charge in [0.2, 0.25) is 0 Å². The fourth-order valence-electron chi connectivity index (χ4n) is 7.31. The fraction of sp³-hybridized carbons (Fsp3) is 0.0444. The lowest BCUT2D eigenvalue weighted by atomic mass is 9.95. The standard InChI is InChI=1S/C45H31N3O2/c1-3-11-28(12-4-1)29-19-21-31(22-20-29)44-46-43(30-13-5-2-6-14-30)47-45(48-44)37-25-33(27-41-42(37)36-16-8-10-18-39(36)50-41)32-23-24-35-34-15-7-9-17-38(34)49-40(35)26-32/h1-27,44-45,48H,(H,46,47). The molecule has 0 saturated heterocycles. The molecule has 0 radical (unpaired) electrons. The van der Waals surface area contributed by atoms with Gasteiger partial charge in [-0.1, -0.05) is 127 Å². The predicted octanol–water partition coefficient (Wildman–Crippen LogP) is 11.2. The van der Waals surface area contributed by atoms with Gasteiger partial charge in [-0.25, -0.2) is 4.99 Å². The van der Waals surface area contributed by atoms with E-state index in [0.717, 1.165) is 77.5 Å². The third-order valence-corrected chi connectivity index (χ3v) is 9.78. The molecule has 50 heavy (non-hydrogen) atoms. The monoisotopic (exact) mass is 645 g/mol. The molecule has 2 unspecified atom stereocenters. The van der Waals surface area contributed by atoms with E-state index >= 15 is 0 Å². The van der Waals surface area contributed by atoms with Crippen molar-refractivity contribution in [2.24, 2.45) is 4.99 Å². The van der Waals surface area contributed by atoms with E-state index in [2.05, 4.69) is 138 Å². The number of nitrogens with zero attached hydrogens (tertiary/aromatic N) is 1. The van der Waals surface area contributed by atoms with Crippen molar-refractivity contribution in [1.29, 1.82) is 0 Å². The van der Waals surface area contributed by atoms with Crippen molar-refractivity contribution < 1.29 is 8.83 Å². The SMILES string of the molecule is c1ccc(C2=NC(c3ccc(-c4ccccc4)cc3)NC(c3cc(-c4ccc5c(c4)oc4ccccc45)cc4oc5ccccc5c34)N2)cc1. The maximum absolute atomic E-state index is 6.55. The van der Waals surface area contributed by atoms with Crippen LogP contribution in [0.1, 0.15) is 29.0 Å². The fourth-order valence-corrected chi connectivity index (χ4v) is 7.31. The number of hydrogen-bond acceptors (Lipinski definition) is 5. The Hall–Kier alpha value is -6.43. The first-order valence-electron chi connectivity index (χ1n) is 16.9. The van der Waals surface area contributed by atoms with Crippen LogP contribution in [0.3, 0.4) is 0 Å². The summed E-state index contributed by atoms with van der Waals surface area (Å²) >= 11 is 0. The van der Waals surface area contributed by atoms with Crippen molar-refractivity contribution in [3.63, 3.8) is 0 Å². The molecule has 7 aromatic carbocycles. The molecule has 5 nitrogen and oxygen atoms in total. The van der Waals surface area contributed by atoms with E-state index in [0.29, 0.717) is 0 Å². The second-order valence-electron chi connectivity index (χ2n) is 12.8. The summed E-state index contributed by atoms with van der Waals surface area (Å²) in [6.45, 7) is 0. The zero-order chi connectivity index (χ0) is 33.0. The lowest BCUT2D eigenvalue weighted by Gasteiger charge is -2.33. The van der Waals surface area contributed by atoms with E-state index in [9.17, 15) is 0 Å². The maximum Gasteiger partial charge on any atom is 0.136 e. The smallest absolute Gasteiger partial charge is 0.136 e. The summed E-state index contributed by atoms with van der Waals surface area (Å²) in [4.78, 5) is 5.22. The highest BCUT2D eigenvalue weighted by Gasteiger charge is 2.28. The number of hydrogen-bond donors (Lipinski definition) is 2. The molecular weight excluding hydrogens is 615 g/mol. The van der Waals surface area contributed by atoms with Crippen LogP contribution in [-0.4, -0.2) is 5.84 Å². The minimum Gasteiger partial charge on any atom is -0.456 e. The molecule has 2 aromatic heterocycles. The highest BCUT2D eigenvalue weighted by molar-refractivity contribution is 6.10. The first kappa shape index (κ1) is 28.6. The van der Waals surface area contributed by atoms with Crippen molar-refractivity contribution in [2.75, 3.05) is 0 Å². The van der Waals surface area contributed by atoms with Gasteiger partial charge in [0.25, 0.3) is 0 Å². The van der Waals surface area contributed by atoms with Crippen LogP contribution in [0.2, 0.25) is 0 Å². The van der Waals surface area contributed by atoms with Gasteiger partial charge in [-0.05, 0) is 64.2 Å². The van der Waals surface area contributed by atoms with Crippen LogP contribution in [0.5, 0.6) is 0 Å². The highest BCUT2D eigenvalue weighted by atomic mass is 16.3. The molecular formula is C45H31N3O2. The Balaban J connectivity index is 1.12. The Morgan fingerprint density at radius 1 is 0.440 bits per heavy atom. The van der Waals surface area contributed by atoms with E-state index in [1.54, 1.807) is 0 Å². The minimum atomic E-state index is -0.287. The van der Waals surface area contributed by atoms with Gasteiger partial charge in [-0.3, -0.25) is 5.32 Å². The molecule has 3 heterocycles. The van der Waals surface area contributed by atoms with E-state index in [4.69, 9.17) is 13.8 Å². The van der Waals surface area contributed by atoms with Crippen molar-refractivity contribution in [3.8, 4) is 22.3 Å². The molecule has 1 aliphatic heterocycles. The summed E-state index contributed by atoms with van der Waals surface area (Å²) in [7, 11) is 0. The molecule has 9 aromatic rings. The van der Waals surface area contributed by atoms with E-state index in [1.807, 2.05) is 36.4 Å². The van der Waals surface area contributed by atoms with Gasteiger partial charge in [0.1, 0.15) is 40.5 Å². The summed E-state index contributed by atoms with van der Waals surface area (Å²) in [5.41, 5.74) is 11.1.